The van der Waals surface area contributed by atoms with E-state index in [4.69, 9.17) is 10.8 Å². The average Bonchev–Trinajstić information content (AvgIpc) is 2.78. The van der Waals surface area contributed by atoms with Crippen LogP contribution in [-0.2, 0) is 4.79 Å². The molecule has 0 radical (unpaired) electrons. The number of nitrogens with one attached hydrogen (secondary N) is 1. The van der Waals surface area contributed by atoms with Gasteiger partial charge in [0.1, 0.15) is 5.82 Å². The Morgan fingerprint density at radius 1 is 1.39 bits per heavy atom. The van der Waals surface area contributed by atoms with Crippen LogP contribution in [0.1, 0.15) is 29.8 Å². The first-order valence-corrected chi connectivity index (χ1v) is 5.82. The highest BCUT2D eigenvalue weighted by atomic mass is 16.4. The van der Waals surface area contributed by atoms with Crippen LogP contribution in [-0.4, -0.2) is 28.0 Å². The highest BCUT2D eigenvalue weighted by molar-refractivity contribution is 5.85. The van der Waals surface area contributed by atoms with E-state index >= 15 is 0 Å². The van der Waals surface area contributed by atoms with Gasteiger partial charge in [-0.15, -0.1) is 0 Å². The van der Waals surface area contributed by atoms with E-state index in [2.05, 4.69) is 10.3 Å². The minimum absolute atomic E-state index is 0.00412. The Kier molecular flexibility index (Phi) is 3.45. The molecule has 0 saturated heterocycles. The number of anilines is 1. The number of carboxylic acid groups (broad SMARTS) is 1. The highest BCUT2D eigenvalue weighted by Gasteiger charge is 2.28. The van der Waals surface area contributed by atoms with Gasteiger partial charge in [0.25, 0.3) is 0 Å². The molecule has 0 spiro atoms. The van der Waals surface area contributed by atoms with Gasteiger partial charge in [0.05, 0.1) is 0 Å². The Hall–Kier alpha value is -2.11. The molecular formula is C12H15N3O3. The second-order valence-electron chi connectivity index (χ2n) is 4.47. The van der Waals surface area contributed by atoms with Crippen molar-refractivity contribution in [2.24, 2.45) is 11.7 Å². The van der Waals surface area contributed by atoms with Crippen molar-refractivity contribution in [2.75, 3.05) is 5.32 Å². The molecule has 6 nitrogen and oxygen atoms in total. The summed E-state index contributed by atoms with van der Waals surface area (Å²) in [7, 11) is 0. The SMILES string of the molecule is NC(=O)[C@@H]1CC[C@H](Nc2cccc(C(=O)O)n2)C1. The lowest BCUT2D eigenvalue weighted by molar-refractivity contribution is -0.121. The third-order valence-electron chi connectivity index (χ3n) is 3.16. The van der Waals surface area contributed by atoms with Crippen molar-refractivity contribution in [1.82, 2.24) is 4.98 Å². The van der Waals surface area contributed by atoms with Crippen molar-refractivity contribution in [1.29, 1.82) is 0 Å². The number of nitrogens with two attached hydrogens (primary N) is 1. The van der Waals surface area contributed by atoms with Crippen LogP contribution in [0, 0.1) is 5.92 Å². The first-order chi connectivity index (χ1) is 8.56. The second kappa shape index (κ2) is 5.03. The van der Waals surface area contributed by atoms with E-state index in [0.29, 0.717) is 12.2 Å². The van der Waals surface area contributed by atoms with Crippen molar-refractivity contribution < 1.29 is 14.7 Å². The molecule has 1 fully saturated rings. The van der Waals surface area contributed by atoms with Crippen molar-refractivity contribution in [3.63, 3.8) is 0 Å². The summed E-state index contributed by atoms with van der Waals surface area (Å²) in [5, 5.41) is 12.0. The van der Waals surface area contributed by atoms with Crippen molar-refractivity contribution >= 4 is 17.7 Å². The number of carboxylic acids is 1. The number of hydrogen-bond acceptors (Lipinski definition) is 4. The summed E-state index contributed by atoms with van der Waals surface area (Å²) in [5.41, 5.74) is 5.26. The zero-order chi connectivity index (χ0) is 13.1. The van der Waals surface area contributed by atoms with Gasteiger partial charge in [-0.2, -0.15) is 0 Å². The number of primary amides is 1. The van der Waals surface area contributed by atoms with E-state index < -0.39 is 5.97 Å². The summed E-state index contributed by atoms with van der Waals surface area (Å²) in [6.07, 6.45) is 2.28. The van der Waals surface area contributed by atoms with Gasteiger partial charge in [0, 0.05) is 12.0 Å². The Bertz CT molecular complexity index is 475. The van der Waals surface area contributed by atoms with E-state index in [0.717, 1.165) is 12.8 Å². The first kappa shape index (κ1) is 12.3. The Balaban J connectivity index is 2.00. The maximum absolute atomic E-state index is 11.0. The van der Waals surface area contributed by atoms with Gasteiger partial charge in [-0.1, -0.05) is 6.07 Å². The molecule has 1 heterocycles. The lowest BCUT2D eigenvalue weighted by Crippen LogP contribution is -2.23. The number of aromatic carboxylic acids is 1. The number of nitrogens with zero attached hydrogens (tertiary/aromatic N) is 1. The number of carbonyl (C=O) groups is 2. The Labute approximate surface area is 104 Å². The monoisotopic (exact) mass is 249 g/mol. The van der Waals surface area contributed by atoms with Crippen molar-refractivity contribution in [2.45, 2.75) is 25.3 Å². The topological polar surface area (TPSA) is 105 Å². The molecule has 1 amide bonds. The molecule has 96 valence electrons. The smallest absolute Gasteiger partial charge is 0.354 e. The van der Waals surface area contributed by atoms with Gasteiger partial charge in [-0.05, 0) is 31.4 Å². The zero-order valence-electron chi connectivity index (χ0n) is 9.80. The van der Waals surface area contributed by atoms with Crippen LogP contribution in [0.2, 0.25) is 0 Å². The fraction of sp³-hybridized carbons (Fsp3) is 0.417. The lowest BCUT2D eigenvalue weighted by atomic mass is 10.1. The van der Waals surface area contributed by atoms with Gasteiger partial charge in [0.2, 0.25) is 5.91 Å². The van der Waals surface area contributed by atoms with Crippen molar-refractivity contribution in [3.05, 3.63) is 23.9 Å². The lowest BCUT2D eigenvalue weighted by Gasteiger charge is -2.13. The largest absolute Gasteiger partial charge is 0.477 e. The summed E-state index contributed by atoms with van der Waals surface area (Å²) in [4.78, 5) is 25.8. The molecule has 4 N–H and O–H groups in total. The number of hydrogen-bond donors (Lipinski definition) is 3. The van der Waals surface area contributed by atoms with Crippen LogP contribution in [0.3, 0.4) is 0 Å². The van der Waals surface area contributed by atoms with Gasteiger partial charge < -0.3 is 16.2 Å². The predicted molar refractivity (Wildman–Crippen MR) is 65.1 cm³/mol. The van der Waals surface area contributed by atoms with Crippen LogP contribution in [0.4, 0.5) is 5.82 Å². The fourth-order valence-electron chi connectivity index (χ4n) is 2.21. The number of rotatable bonds is 4. The third-order valence-corrected chi connectivity index (χ3v) is 3.16. The van der Waals surface area contributed by atoms with E-state index in [-0.39, 0.29) is 23.6 Å². The highest BCUT2D eigenvalue weighted by Crippen LogP contribution is 2.27. The van der Waals surface area contributed by atoms with Gasteiger partial charge in [-0.3, -0.25) is 4.79 Å². The van der Waals surface area contributed by atoms with E-state index in [1.807, 2.05) is 0 Å². The van der Waals surface area contributed by atoms with Gasteiger partial charge in [-0.25, -0.2) is 9.78 Å². The van der Waals surface area contributed by atoms with Crippen LogP contribution >= 0.6 is 0 Å². The summed E-state index contributed by atoms with van der Waals surface area (Å²) < 4.78 is 0. The average molecular weight is 249 g/mol. The molecular weight excluding hydrogens is 234 g/mol. The Morgan fingerprint density at radius 3 is 2.78 bits per heavy atom. The molecule has 0 bridgehead atoms. The molecule has 1 aromatic rings. The normalized spacial score (nSPS) is 22.7. The number of carbonyl (C=O) groups excluding carboxylic acids is 1. The second-order valence-corrected chi connectivity index (χ2v) is 4.47. The summed E-state index contributed by atoms with van der Waals surface area (Å²) in [6, 6.07) is 4.91. The minimum Gasteiger partial charge on any atom is -0.477 e. The maximum Gasteiger partial charge on any atom is 0.354 e. The van der Waals surface area contributed by atoms with Gasteiger partial charge >= 0.3 is 5.97 Å². The van der Waals surface area contributed by atoms with E-state index in [1.54, 1.807) is 12.1 Å². The van der Waals surface area contributed by atoms with E-state index in [9.17, 15) is 9.59 Å². The quantitative estimate of drug-likeness (QED) is 0.733. The third kappa shape index (κ3) is 2.77. The number of pyridine rings is 1. The van der Waals surface area contributed by atoms with Crippen LogP contribution in [0.15, 0.2) is 18.2 Å². The van der Waals surface area contributed by atoms with Crippen molar-refractivity contribution in [3.8, 4) is 0 Å². The zero-order valence-corrected chi connectivity index (χ0v) is 9.80. The maximum atomic E-state index is 11.0. The van der Waals surface area contributed by atoms with Crippen LogP contribution in [0.25, 0.3) is 0 Å². The summed E-state index contributed by atoms with van der Waals surface area (Å²) >= 11 is 0. The number of amides is 1. The molecule has 1 aliphatic carbocycles. The van der Waals surface area contributed by atoms with E-state index in [1.165, 1.54) is 6.07 Å². The van der Waals surface area contributed by atoms with Crippen LogP contribution < -0.4 is 11.1 Å². The minimum atomic E-state index is -1.06. The number of aromatic nitrogens is 1. The van der Waals surface area contributed by atoms with Gasteiger partial charge in [0.15, 0.2) is 5.69 Å². The molecule has 0 aliphatic heterocycles. The molecule has 1 aliphatic rings. The van der Waals surface area contributed by atoms with Crippen LogP contribution in [0.5, 0.6) is 0 Å². The molecule has 2 atom stereocenters. The molecule has 6 heteroatoms. The predicted octanol–water partition coefficient (Wildman–Crippen LogP) is 0.846. The molecule has 1 aromatic heterocycles. The Morgan fingerprint density at radius 2 is 2.17 bits per heavy atom. The molecule has 0 unspecified atom stereocenters. The standard InChI is InChI=1S/C12H15N3O3/c13-11(16)7-4-5-8(6-7)14-10-3-1-2-9(15-10)12(17)18/h1-3,7-8H,4-6H2,(H2,13,16)(H,14,15)(H,17,18)/t7-,8+/m1/s1. The molecule has 0 aromatic carbocycles. The molecule has 2 rings (SSSR count). The molecule has 1 saturated carbocycles. The fourth-order valence-corrected chi connectivity index (χ4v) is 2.21. The molecule has 18 heavy (non-hydrogen) atoms. The first-order valence-electron chi connectivity index (χ1n) is 5.82. The summed E-state index contributed by atoms with van der Waals surface area (Å²) in [5.74, 6) is -0.901. The summed E-state index contributed by atoms with van der Waals surface area (Å²) in [6.45, 7) is 0.